The van der Waals surface area contributed by atoms with E-state index in [0.29, 0.717) is 5.56 Å². The van der Waals surface area contributed by atoms with Gasteiger partial charge < -0.3 is 0 Å². The van der Waals surface area contributed by atoms with Crippen molar-refractivity contribution in [1.29, 1.82) is 0 Å². The molecular formula is C26H21F3. The zero-order valence-corrected chi connectivity index (χ0v) is 16.8. The van der Waals surface area contributed by atoms with Crippen molar-refractivity contribution in [2.45, 2.75) is 27.7 Å². The molecule has 4 aromatic rings. The molecule has 0 aromatic heterocycles. The molecule has 0 atom stereocenters. The van der Waals surface area contributed by atoms with Gasteiger partial charge in [-0.15, -0.1) is 0 Å². The zero-order valence-electron chi connectivity index (χ0n) is 16.8. The number of fused-ring (bicyclic) bond motifs is 1. The van der Waals surface area contributed by atoms with Crippen molar-refractivity contribution in [3.63, 3.8) is 0 Å². The summed E-state index contributed by atoms with van der Waals surface area (Å²) >= 11 is 0. The summed E-state index contributed by atoms with van der Waals surface area (Å²) in [6, 6.07) is 16.2. The van der Waals surface area contributed by atoms with E-state index in [4.69, 9.17) is 0 Å². The molecule has 0 N–H and O–H groups in total. The Morgan fingerprint density at radius 3 is 1.79 bits per heavy atom. The molecule has 0 bridgehead atoms. The second kappa shape index (κ2) is 7.07. The van der Waals surface area contributed by atoms with Crippen LogP contribution in [-0.2, 0) is 0 Å². The van der Waals surface area contributed by atoms with E-state index in [2.05, 4.69) is 32.9 Å². The average molecular weight is 390 g/mol. The standard InChI is InChI=1S/C26H21F3/c1-14-9-15(2)24(16(3)10-14)19-7-5-18(6-8-19)20-11-21-13-22(27)17(4)26(29)25(21)23(28)12-20/h5-13H,1-4H3. The topological polar surface area (TPSA) is 0 Å². The third-order valence-electron chi connectivity index (χ3n) is 5.49. The van der Waals surface area contributed by atoms with E-state index in [9.17, 15) is 13.2 Å². The van der Waals surface area contributed by atoms with Gasteiger partial charge in [-0.05, 0) is 84.7 Å². The largest absolute Gasteiger partial charge is 0.207 e. The van der Waals surface area contributed by atoms with Crippen LogP contribution in [0.5, 0.6) is 0 Å². The van der Waals surface area contributed by atoms with Crippen molar-refractivity contribution < 1.29 is 13.2 Å². The molecule has 0 nitrogen and oxygen atoms in total. The second-order valence-electron chi connectivity index (χ2n) is 7.70. The Balaban J connectivity index is 1.81. The van der Waals surface area contributed by atoms with Crippen molar-refractivity contribution in [3.05, 3.63) is 94.3 Å². The predicted molar refractivity (Wildman–Crippen MR) is 114 cm³/mol. The maximum absolute atomic E-state index is 14.6. The minimum absolute atomic E-state index is 0.169. The lowest BCUT2D eigenvalue weighted by molar-refractivity contribution is 0.568. The molecule has 0 aliphatic carbocycles. The Bertz CT molecular complexity index is 1230. The lowest BCUT2D eigenvalue weighted by Crippen LogP contribution is -1.94. The van der Waals surface area contributed by atoms with Gasteiger partial charge in [-0.3, -0.25) is 0 Å². The Morgan fingerprint density at radius 2 is 1.17 bits per heavy atom. The molecule has 4 aromatic carbocycles. The van der Waals surface area contributed by atoms with Crippen LogP contribution < -0.4 is 0 Å². The fraction of sp³-hybridized carbons (Fsp3) is 0.154. The maximum atomic E-state index is 14.6. The highest BCUT2D eigenvalue weighted by molar-refractivity contribution is 5.89. The molecule has 0 amide bonds. The van der Waals surface area contributed by atoms with Crippen LogP contribution in [0.1, 0.15) is 22.3 Å². The van der Waals surface area contributed by atoms with Crippen LogP contribution in [0.3, 0.4) is 0 Å². The van der Waals surface area contributed by atoms with Gasteiger partial charge in [-0.25, -0.2) is 13.2 Å². The van der Waals surface area contributed by atoms with E-state index in [1.807, 2.05) is 24.3 Å². The van der Waals surface area contributed by atoms with Crippen molar-refractivity contribution >= 4 is 10.8 Å². The first kappa shape index (κ1) is 19.3. The van der Waals surface area contributed by atoms with E-state index in [-0.39, 0.29) is 16.3 Å². The highest BCUT2D eigenvalue weighted by atomic mass is 19.1. The third-order valence-corrected chi connectivity index (χ3v) is 5.49. The van der Waals surface area contributed by atoms with E-state index in [1.54, 1.807) is 6.07 Å². The number of halogens is 3. The average Bonchev–Trinajstić information content (AvgIpc) is 2.65. The van der Waals surface area contributed by atoms with Gasteiger partial charge in [-0.1, -0.05) is 42.0 Å². The Morgan fingerprint density at radius 1 is 0.586 bits per heavy atom. The predicted octanol–water partition coefficient (Wildman–Crippen LogP) is 7.82. The molecule has 3 heteroatoms. The summed E-state index contributed by atoms with van der Waals surface area (Å²) in [5.41, 5.74) is 7.10. The number of rotatable bonds is 2. The first-order valence-electron chi connectivity index (χ1n) is 9.53. The third kappa shape index (κ3) is 3.31. The minimum Gasteiger partial charge on any atom is -0.207 e. The number of aryl methyl sites for hydroxylation is 3. The summed E-state index contributed by atoms with van der Waals surface area (Å²) < 4.78 is 42.9. The molecule has 0 radical (unpaired) electrons. The smallest absolute Gasteiger partial charge is 0.139 e. The summed E-state index contributed by atoms with van der Waals surface area (Å²) in [7, 11) is 0. The second-order valence-corrected chi connectivity index (χ2v) is 7.70. The molecule has 0 unspecified atom stereocenters. The SMILES string of the molecule is Cc1cc(C)c(-c2ccc(-c3cc(F)c4c(F)c(C)c(F)cc4c3)cc2)c(C)c1. The molecule has 0 spiro atoms. The molecule has 0 aliphatic heterocycles. The van der Waals surface area contributed by atoms with Crippen LogP contribution >= 0.6 is 0 Å². The van der Waals surface area contributed by atoms with Gasteiger partial charge >= 0.3 is 0 Å². The van der Waals surface area contributed by atoms with Crippen LogP contribution in [-0.4, -0.2) is 0 Å². The number of hydrogen-bond donors (Lipinski definition) is 0. The molecule has 146 valence electrons. The minimum atomic E-state index is -0.843. The number of benzene rings is 4. The highest BCUT2D eigenvalue weighted by Gasteiger charge is 2.15. The van der Waals surface area contributed by atoms with E-state index < -0.39 is 17.5 Å². The summed E-state index contributed by atoms with van der Waals surface area (Å²) in [6.07, 6.45) is 0. The van der Waals surface area contributed by atoms with Crippen LogP contribution in [0, 0.1) is 45.1 Å². The highest BCUT2D eigenvalue weighted by Crippen LogP contribution is 2.33. The Labute approximate surface area is 168 Å². The van der Waals surface area contributed by atoms with Gasteiger partial charge in [0.2, 0.25) is 0 Å². The van der Waals surface area contributed by atoms with Gasteiger partial charge in [0.05, 0.1) is 5.39 Å². The summed E-state index contributed by atoms with van der Waals surface area (Å²) in [4.78, 5) is 0. The maximum Gasteiger partial charge on any atom is 0.139 e. The first-order valence-corrected chi connectivity index (χ1v) is 9.53. The van der Waals surface area contributed by atoms with Gasteiger partial charge in [0.15, 0.2) is 0 Å². The molecular weight excluding hydrogens is 369 g/mol. The monoisotopic (exact) mass is 390 g/mol. The van der Waals surface area contributed by atoms with Crippen molar-refractivity contribution in [3.8, 4) is 22.3 Å². The van der Waals surface area contributed by atoms with Gasteiger partial charge in [0.25, 0.3) is 0 Å². The van der Waals surface area contributed by atoms with Crippen LogP contribution in [0.25, 0.3) is 33.0 Å². The van der Waals surface area contributed by atoms with E-state index >= 15 is 0 Å². The lowest BCUT2D eigenvalue weighted by atomic mass is 9.92. The van der Waals surface area contributed by atoms with E-state index in [0.717, 1.165) is 11.1 Å². The normalized spacial score (nSPS) is 11.3. The Kier molecular flexibility index (Phi) is 4.70. The fourth-order valence-electron chi connectivity index (χ4n) is 4.14. The molecule has 4 rings (SSSR count). The van der Waals surface area contributed by atoms with Crippen LogP contribution in [0.2, 0.25) is 0 Å². The van der Waals surface area contributed by atoms with Gasteiger partial charge in [0.1, 0.15) is 17.5 Å². The van der Waals surface area contributed by atoms with Crippen molar-refractivity contribution in [1.82, 2.24) is 0 Å². The molecule has 0 aliphatic rings. The summed E-state index contributed by atoms with van der Waals surface area (Å²) in [5.74, 6) is -2.20. The van der Waals surface area contributed by atoms with Crippen molar-refractivity contribution in [2.75, 3.05) is 0 Å². The summed E-state index contributed by atoms with van der Waals surface area (Å²) in [5, 5.41) is 0.0464. The Hall–Kier alpha value is -3.07. The molecule has 0 fully saturated rings. The quantitative estimate of drug-likeness (QED) is 0.327. The molecule has 0 saturated heterocycles. The van der Waals surface area contributed by atoms with Gasteiger partial charge in [0, 0.05) is 5.56 Å². The first-order chi connectivity index (χ1) is 13.8. The van der Waals surface area contributed by atoms with E-state index in [1.165, 1.54) is 41.3 Å². The molecule has 29 heavy (non-hydrogen) atoms. The van der Waals surface area contributed by atoms with Crippen molar-refractivity contribution in [2.24, 2.45) is 0 Å². The van der Waals surface area contributed by atoms with Crippen LogP contribution in [0.4, 0.5) is 13.2 Å². The zero-order chi connectivity index (χ0) is 20.9. The lowest BCUT2D eigenvalue weighted by Gasteiger charge is -2.13. The number of hydrogen-bond acceptors (Lipinski definition) is 0. The molecule has 0 saturated carbocycles. The van der Waals surface area contributed by atoms with Crippen LogP contribution in [0.15, 0.2) is 54.6 Å². The fourth-order valence-corrected chi connectivity index (χ4v) is 4.14. The summed E-state index contributed by atoms with van der Waals surface area (Å²) in [6.45, 7) is 7.57. The molecule has 0 heterocycles. The van der Waals surface area contributed by atoms with Gasteiger partial charge in [-0.2, -0.15) is 0 Å².